The van der Waals surface area contributed by atoms with Crippen LogP contribution in [0.3, 0.4) is 0 Å². The molecule has 3 rings (SSSR count). The molecule has 0 saturated carbocycles. The van der Waals surface area contributed by atoms with Gasteiger partial charge in [0.1, 0.15) is 5.25 Å². The summed E-state index contributed by atoms with van der Waals surface area (Å²) in [6.45, 7) is 1.19. The number of benzene rings is 3. The van der Waals surface area contributed by atoms with Gasteiger partial charge in [-0.15, -0.1) is 0 Å². The molecular formula is C27H26N2O5S. The Kier molecular flexibility index (Phi) is 9.20. The van der Waals surface area contributed by atoms with Crippen LogP contribution in [0.25, 0.3) is 11.1 Å². The fraction of sp³-hybridized carbons (Fsp3) is 0.185. The second kappa shape index (κ2) is 12.5. The molecule has 2 atom stereocenters. The Balaban J connectivity index is 1.50. The molecule has 8 heteroatoms. The van der Waals surface area contributed by atoms with Crippen LogP contribution < -0.4 is 10.6 Å². The first-order chi connectivity index (χ1) is 16.8. The van der Waals surface area contributed by atoms with Crippen LogP contribution in [-0.4, -0.2) is 45.8 Å². The van der Waals surface area contributed by atoms with Crippen molar-refractivity contribution in [3.8, 4) is 11.1 Å². The van der Waals surface area contributed by atoms with Gasteiger partial charge in [0.2, 0.25) is 11.0 Å². The number of thioether (sulfide) groups is 1. The zero-order valence-electron chi connectivity index (χ0n) is 19.1. The van der Waals surface area contributed by atoms with Gasteiger partial charge in [0.15, 0.2) is 0 Å². The number of rotatable bonds is 10. The van der Waals surface area contributed by atoms with E-state index in [-0.39, 0.29) is 13.0 Å². The van der Waals surface area contributed by atoms with Crippen molar-refractivity contribution in [1.29, 1.82) is 0 Å². The zero-order valence-corrected chi connectivity index (χ0v) is 20.0. The molecule has 0 heterocycles. The number of amides is 2. The first kappa shape index (κ1) is 25.7. The van der Waals surface area contributed by atoms with Gasteiger partial charge < -0.3 is 15.7 Å². The van der Waals surface area contributed by atoms with Crippen LogP contribution in [-0.2, 0) is 20.8 Å². The van der Waals surface area contributed by atoms with Crippen molar-refractivity contribution >= 4 is 34.7 Å². The Hall–Kier alpha value is -3.91. The molecule has 3 aromatic carbocycles. The van der Waals surface area contributed by atoms with E-state index in [4.69, 9.17) is 0 Å². The van der Waals surface area contributed by atoms with Crippen LogP contribution in [0, 0.1) is 0 Å². The minimum Gasteiger partial charge on any atom is -0.480 e. The molecule has 0 aliphatic heterocycles. The van der Waals surface area contributed by atoms with E-state index in [9.17, 15) is 24.3 Å². The van der Waals surface area contributed by atoms with Crippen molar-refractivity contribution in [2.75, 3.05) is 6.54 Å². The fourth-order valence-electron chi connectivity index (χ4n) is 3.30. The number of carboxylic acids is 1. The minimum absolute atomic E-state index is 0.161. The van der Waals surface area contributed by atoms with E-state index in [2.05, 4.69) is 10.6 Å². The van der Waals surface area contributed by atoms with Crippen molar-refractivity contribution in [2.45, 2.75) is 24.6 Å². The smallest absolute Gasteiger partial charge is 0.317 e. The van der Waals surface area contributed by atoms with Crippen molar-refractivity contribution in [3.05, 3.63) is 96.1 Å². The first-order valence-electron chi connectivity index (χ1n) is 11.0. The normalized spacial score (nSPS) is 12.3. The summed E-state index contributed by atoms with van der Waals surface area (Å²) in [5.41, 5.74) is 3.28. The van der Waals surface area contributed by atoms with Gasteiger partial charge in [-0.05, 0) is 42.2 Å². The molecule has 0 saturated heterocycles. The summed E-state index contributed by atoms with van der Waals surface area (Å²) >= 11 is 0.679. The van der Waals surface area contributed by atoms with E-state index in [0.717, 1.165) is 16.7 Å². The average Bonchev–Trinajstić information content (AvgIpc) is 2.88. The molecule has 0 spiro atoms. The molecule has 0 fully saturated rings. The van der Waals surface area contributed by atoms with Gasteiger partial charge in [0, 0.05) is 5.56 Å². The number of carbonyl (C=O) groups excluding carboxylic acids is 3. The molecule has 0 radical (unpaired) electrons. The molecule has 0 aliphatic rings. The maximum absolute atomic E-state index is 12.6. The van der Waals surface area contributed by atoms with Crippen LogP contribution in [0.2, 0.25) is 0 Å². The summed E-state index contributed by atoms with van der Waals surface area (Å²) in [6, 6.07) is 24.9. The third-order valence-electron chi connectivity index (χ3n) is 5.19. The van der Waals surface area contributed by atoms with Crippen molar-refractivity contribution in [1.82, 2.24) is 10.6 Å². The molecule has 7 nitrogen and oxygen atoms in total. The second-order valence-corrected chi connectivity index (χ2v) is 9.08. The van der Waals surface area contributed by atoms with Crippen LogP contribution in [0.4, 0.5) is 0 Å². The molecule has 3 N–H and O–H groups in total. The fourth-order valence-corrected chi connectivity index (χ4v) is 4.22. The molecule has 0 bridgehead atoms. The summed E-state index contributed by atoms with van der Waals surface area (Å²) < 4.78 is 0. The third-order valence-corrected chi connectivity index (χ3v) is 6.43. The Morgan fingerprint density at radius 2 is 1.40 bits per heavy atom. The Labute approximate surface area is 207 Å². The molecule has 0 aliphatic carbocycles. The number of hydrogen-bond donors (Lipinski definition) is 3. The van der Waals surface area contributed by atoms with E-state index in [0.29, 0.717) is 17.3 Å². The van der Waals surface area contributed by atoms with Crippen LogP contribution in [0.1, 0.15) is 22.8 Å². The average molecular weight is 491 g/mol. The first-order valence-corrected chi connectivity index (χ1v) is 11.9. The lowest BCUT2D eigenvalue weighted by atomic mass is 10.0. The highest BCUT2D eigenvalue weighted by molar-refractivity contribution is 8.14. The predicted octanol–water partition coefficient (Wildman–Crippen LogP) is 3.54. The molecular weight excluding hydrogens is 464 g/mol. The summed E-state index contributed by atoms with van der Waals surface area (Å²) in [4.78, 5) is 48.5. The van der Waals surface area contributed by atoms with E-state index in [1.807, 2.05) is 54.6 Å². The lowest BCUT2D eigenvalue weighted by molar-refractivity contribution is -0.136. The lowest BCUT2D eigenvalue weighted by Gasteiger charge is -2.16. The Morgan fingerprint density at radius 1 is 0.829 bits per heavy atom. The zero-order chi connectivity index (χ0) is 25.2. The number of aliphatic carboxylic acids is 1. The molecule has 180 valence electrons. The van der Waals surface area contributed by atoms with Gasteiger partial charge in [-0.2, -0.15) is 0 Å². The van der Waals surface area contributed by atoms with Crippen LogP contribution in [0.15, 0.2) is 84.9 Å². The largest absolute Gasteiger partial charge is 0.480 e. The number of carboxylic acid groups (broad SMARTS) is 1. The third kappa shape index (κ3) is 7.82. The number of hydrogen-bond acceptors (Lipinski definition) is 5. The monoisotopic (exact) mass is 490 g/mol. The number of carbonyl (C=O) groups is 4. The highest BCUT2D eigenvalue weighted by Crippen LogP contribution is 2.23. The van der Waals surface area contributed by atoms with E-state index in [1.165, 1.54) is 6.92 Å². The minimum atomic E-state index is -1.11. The highest BCUT2D eigenvalue weighted by atomic mass is 32.2. The molecule has 2 amide bonds. The Morgan fingerprint density at radius 3 is 2.00 bits per heavy atom. The topological polar surface area (TPSA) is 113 Å². The molecule has 0 aromatic heterocycles. The quantitative estimate of drug-likeness (QED) is 0.401. The van der Waals surface area contributed by atoms with Crippen molar-refractivity contribution in [2.24, 2.45) is 0 Å². The lowest BCUT2D eigenvalue weighted by Crippen LogP contribution is -2.44. The van der Waals surface area contributed by atoms with Gasteiger partial charge in [0.25, 0.3) is 5.91 Å². The van der Waals surface area contributed by atoms with Gasteiger partial charge in [-0.3, -0.25) is 19.2 Å². The van der Waals surface area contributed by atoms with Crippen molar-refractivity contribution < 1.29 is 24.3 Å². The van der Waals surface area contributed by atoms with Gasteiger partial charge in [-0.25, -0.2) is 0 Å². The predicted molar refractivity (Wildman–Crippen MR) is 136 cm³/mol. The van der Waals surface area contributed by atoms with Crippen molar-refractivity contribution in [3.63, 3.8) is 0 Å². The second-order valence-electron chi connectivity index (χ2n) is 7.87. The molecule has 35 heavy (non-hydrogen) atoms. The number of nitrogens with one attached hydrogen (secondary N) is 2. The van der Waals surface area contributed by atoms with Gasteiger partial charge in [-0.1, -0.05) is 84.6 Å². The highest BCUT2D eigenvalue weighted by Gasteiger charge is 2.26. The maximum atomic E-state index is 12.6. The van der Waals surface area contributed by atoms with Gasteiger partial charge >= 0.3 is 5.97 Å². The maximum Gasteiger partial charge on any atom is 0.317 e. The standard InChI is InChI=1S/C27H26N2O5S/c1-18(29-24(30)17-28-25(31)22-10-6-3-7-11-22)27(34)35-23(26(32)33)16-19-12-14-21(15-13-19)20-8-4-2-5-9-20/h2-15,18,23H,16-17H2,1H3,(H,28,31)(H,29,30)(H,32,33)/t18-,23-/m1/s1. The summed E-state index contributed by atoms with van der Waals surface area (Å²) in [5, 5.41) is 13.1. The van der Waals surface area contributed by atoms with E-state index in [1.54, 1.807) is 30.3 Å². The Bertz CT molecular complexity index is 1170. The van der Waals surface area contributed by atoms with Gasteiger partial charge in [0.05, 0.1) is 12.6 Å². The summed E-state index contributed by atoms with van der Waals surface area (Å²) in [6.07, 6.45) is 0.161. The molecule has 3 aromatic rings. The molecule has 0 unspecified atom stereocenters. The van der Waals surface area contributed by atoms with E-state index < -0.39 is 34.2 Å². The summed E-state index contributed by atoms with van der Waals surface area (Å²) in [7, 11) is 0. The van der Waals surface area contributed by atoms with Crippen LogP contribution >= 0.6 is 11.8 Å². The summed E-state index contributed by atoms with van der Waals surface area (Å²) in [5.74, 6) is -2.05. The SMILES string of the molecule is C[C@@H](NC(=O)CNC(=O)c1ccccc1)C(=O)S[C@H](Cc1ccc(-c2ccccc2)cc1)C(=O)O. The van der Waals surface area contributed by atoms with E-state index >= 15 is 0 Å². The van der Waals surface area contributed by atoms with Crippen LogP contribution in [0.5, 0.6) is 0 Å².